The molecule has 0 saturated heterocycles. The molecule has 20 heavy (non-hydrogen) atoms. The van der Waals surface area contributed by atoms with Gasteiger partial charge in [0.2, 0.25) is 0 Å². The van der Waals surface area contributed by atoms with Gasteiger partial charge >= 0.3 is 0 Å². The molecule has 1 unspecified atom stereocenters. The van der Waals surface area contributed by atoms with E-state index >= 15 is 0 Å². The quantitative estimate of drug-likeness (QED) is 0.843. The van der Waals surface area contributed by atoms with E-state index in [4.69, 9.17) is 4.74 Å². The number of rotatable bonds is 5. The number of ether oxygens (including phenoxy) is 1. The summed E-state index contributed by atoms with van der Waals surface area (Å²) in [4.78, 5) is 1.25. The average Bonchev–Trinajstić information content (AvgIpc) is 3.04. The van der Waals surface area contributed by atoms with Gasteiger partial charge in [0.05, 0.1) is 3.79 Å². The molecule has 106 valence electrons. The molecule has 4 heteroatoms. The van der Waals surface area contributed by atoms with Crippen LogP contribution in [0.25, 0.3) is 0 Å². The first-order chi connectivity index (χ1) is 9.78. The van der Waals surface area contributed by atoms with Crippen LogP contribution in [0, 0.1) is 0 Å². The van der Waals surface area contributed by atoms with Crippen molar-refractivity contribution < 1.29 is 4.74 Å². The Hall–Kier alpha value is -0.840. The summed E-state index contributed by atoms with van der Waals surface area (Å²) >= 11 is 5.22. The number of hydrogen-bond donors (Lipinski definition) is 1. The number of fused-ring (bicyclic) bond motifs is 1. The molecular weight excluding hydrogens is 334 g/mol. The lowest BCUT2D eigenvalue weighted by Crippen LogP contribution is -2.18. The molecule has 0 amide bonds. The van der Waals surface area contributed by atoms with Crippen LogP contribution >= 0.6 is 27.3 Å². The third kappa shape index (κ3) is 2.92. The highest BCUT2D eigenvalue weighted by atomic mass is 79.9. The van der Waals surface area contributed by atoms with Crippen molar-refractivity contribution in [3.8, 4) is 5.75 Å². The molecule has 1 aromatic heterocycles. The minimum absolute atomic E-state index is 0.495. The van der Waals surface area contributed by atoms with Crippen LogP contribution in [0.3, 0.4) is 0 Å². The van der Waals surface area contributed by atoms with E-state index in [0.717, 1.165) is 22.5 Å². The van der Waals surface area contributed by atoms with Crippen molar-refractivity contribution >= 4 is 27.3 Å². The van der Waals surface area contributed by atoms with E-state index in [2.05, 4.69) is 58.5 Å². The Balaban J connectivity index is 1.75. The van der Waals surface area contributed by atoms with Crippen molar-refractivity contribution in [3.05, 3.63) is 50.1 Å². The molecule has 1 heterocycles. The van der Waals surface area contributed by atoms with Crippen molar-refractivity contribution in [2.24, 2.45) is 0 Å². The summed E-state index contributed by atoms with van der Waals surface area (Å²) in [5.74, 6) is 1.05. The van der Waals surface area contributed by atoms with Gasteiger partial charge < -0.3 is 10.1 Å². The molecule has 1 N–H and O–H groups in total. The maximum atomic E-state index is 6.04. The first-order valence-corrected chi connectivity index (χ1v) is 8.61. The van der Waals surface area contributed by atoms with Gasteiger partial charge in [-0.2, -0.15) is 0 Å². The van der Waals surface area contributed by atoms with Crippen LogP contribution in [0.1, 0.15) is 35.4 Å². The van der Waals surface area contributed by atoms with Gasteiger partial charge in [-0.3, -0.25) is 0 Å². The smallest absolute Gasteiger partial charge is 0.123 e. The minimum atomic E-state index is 0.495. The first-order valence-electron chi connectivity index (χ1n) is 7.00. The molecule has 0 radical (unpaired) electrons. The van der Waals surface area contributed by atoms with E-state index in [9.17, 15) is 0 Å². The maximum absolute atomic E-state index is 6.04. The highest BCUT2D eigenvalue weighted by molar-refractivity contribution is 9.11. The molecule has 2 aromatic rings. The molecule has 1 atom stereocenters. The fourth-order valence-corrected chi connectivity index (χ4v) is 4.19. The SMILES string of the molecule is CCNC1CCc2c(OCc3ccc(Br)s3)cccc21. The molecule has 1 aliphatic rings. The van der Waals surface area contributed by atoms with E-state index in [1.54, 1.807) is 11.3 Å². The molecule has 0 fully saturated rings. The number of hydrogen-bond acceptors (Lipinski definition) is 3. The van der Waals surface area contributed by atoms with E-state index in [1.807, 2.05) is 0 Å². The largest absolute Gasteiger partial charge is 0.488 e. The fraction of sp³-hybridized carbons (Fsp3) is 0.375. The van der Waals surface area contributed by atoms with Crippen molar-refractivity contribution in [3.63, 3.8) is 0 Å². The predicted molar refractivity (Wildman–Crippen MR) is 87.5 cm³/mol. The van der Waals surface area contributed by atoms with Crippen LogP contribution in [-0.4, -0.2) is 6.54 Å². The van der Waals surface area contributed by atoms with Gasteiger partial charge in [-0.1, -0.05) is 19.1 Å². The topological polar surface area (TPSA) is 21.3 Å². The standard InChI is InChI=1S/C16H18BrNOS/c1-2-18-14-8-7-13-12(14)4-3-5-15(13)19-10-11-6-9-16(17)20-11/h3-6,9,14,18H,2,7-8,10H2,1H3. The Bertz CT molecular complexity index is 596. The lowest BCUT2D eigenvalue weighted by molar-refractivity contribution is 0.307. The van der Waals surface area contributed by atoms with Gasteiger partial charge in [0, 0.05) is 10.9 Å². The number of nitrogens with one attached hydrogen (secondary N) is 1. The third-order valence-corrected chi connectivity index (χ3v) is 5.27. The molecular formula is C16H18BrNOS. The Labute approximate surface area is 132 Å². The van der Waals surface area contributed by atoms with Crippen molar-refractivity contribution in [2.45, 2.75) is 32.4 Å². The fourth-order valence-electron chi connectivity index (χ4n) is 2.79. The molecule has 1 aromatic carbocycles. The average molecular weight is 352 g/mol. The number of thiophene rings is 1. The van der Waals surface area contributed by atoms with Crippen molar-refractivity contribution in [2.75, 3.05) is 6.54 Å². The second-order valence-electron chi connectivity index (χ2n) is 4.97. The lowest BCUT2D eigenvalue weighted by atomic mass is 10.1. The molecule has 0 aliphatic heterocycles. The highest BCUT2D eigenvalue weighted by Crippen LogP contribution is 2.37. The van der Waals surface area contributed by atoms with Gasteiger partial charge in [-0.05, 0) is 64.6 Å². The zero-order chi connectivity index (χ0) is 13.9. The van der Waals surface area contributed by atoms with Gasteiger partial charge in [0.15, 0.2) is 0 Å². The van der Waals surface area contributed by atoms with E-state index in [-0.39, 0.29) is 0 Å². The van der Waals surface area contributed by atoms with Crippen molar-refractivity contribution in [1.29, 1.82) is 0 Å². The molecule has 3 rings (SSSR count). The van der Waals surface area contributed by atoms with E-state index in [0.29, 0.717) is 12.6 Å². The van der Waals surface area contributed by atoms with Gasteiger partial charge in [0.1, 0.15) is 12.4 Å². The number of halogens is 1. The van der Waals surface area contributed by atoms with E-state index < -0.39 is 0 Å². The Morgan fingerprint density at radius 3 is 3.00 bits per heavy atom. The van der Waals surface area contributed by atoms with Crippen LogP contribution in [0.4, 0.5) is 0 Å². The third-order valence-electron chi connectivity index (χ3n) is 3.68. The second-order valence-corrected chi connectivity index (χ2v) is 7.51. The van der Waals surface area contributed by atoms with Crippen LogP contribution < -0.4 is 10.1 Å². The van der Waals surface area contributed by atoms with E-state index in [1.165, 1.54) is 22.4 Å². The molecule has 0 bridgehead atoms. The number of benzene rings is 1. The maximum Gasteiger partial charge on any atom is 0.123 e. The van der Waals surface area contributed by atoms with Crippen LogP contribution in [-0.2, 0) is 13.0 Å². The van der Waals surface area contributed by atoms with Crippen LogP contribution in [0.15, 0.2) is 34.1 Å². The van der Waals surface area contributed by atoms with Gasteiger partial charge in [-0.25, -0.2) is 0 Å². The highest BCUT2D eigenvalue weighted by Gasteiger charge is 2.24. The summed E-state index contributed by atoms with van der Waals surface area (Å²) in [6, 6.07) is 11.1. The first kappa shape index (κ1) is 14.1. The summed E-state index contributed by atoms with van der Waals surface area (Å²) in [6.45, 7) is 3.82. The molecule has 0 spiro atoms. The lowest BCUT2D eigenvalue weighted by Gasteiger charge is -2.14. The zero-order valence-electron chi connectivity index (χ0n) is 11.5. The summed E-state index contributed by atoms with van der Waals surface area (Å²) in [6.07, 6.45) is 2.28. The normalized spacial score (nSPS) is 17.2. The summed E-state index contributed by atoms with van der Waals surface area (Å²) in [5, 5.41) is 3.55. The monoisotopic (exact) mass is 351 g/mol. The molecule has 2 nitrogen and oxygen atoms in total. The Morgan fingerprint density at radius 2 is 2.25 bits per heavy atom. The van der Waals surface area contributed by atoms with Gasteiger partial charge in [0.25, 0.3) is 0 Å². The molecule has 1 aliphatic carbocycles. The minimum Gasteiger partial charge on any atom is -0.488 e. The van der Waals surface area contributed by atoms with Crippen molar-refractivity contribution in [1.82, 2.24) is 5.32 Å². The summed E-state index contributed by atoms with van der Waals surface area (Å²) < 4.78 is 7.19. The van der Waals surface area contributed by atoms with Crippen LogP contribution in [0.5, 0.6) is 5.75 Å². The summed E-state index contributed by atoms with van der Waals surface area (Å²) in [5.41, 5.74) is 2.80. The Morgan fingerprint density at radius 1 is 1.35 bits per heavy atom. The Kier molecular flexibility index (Phi) is 4.44. The van der Waals surface area contributed by atoms with Gasteiger partial charge in [-0.15, -0.1) is 11.3 Å². The molecule has 0 saturated carbocycles. The summed E-state index contributed by atoms with van der Waals surface area (Å²) in [7, 11) is 0. The predicted octanol–water partition coefficient (Wildman–Crippen LogP) is 4.69. The second kappa shape index (κ2) is 6.29. The van der Waals surface area contributed by atoms with Crippen LogP contribution in [0.2, 0.25) is 0 Å². The zero-order valence-corrected chi connectivity index (χ0v) is 13.9.